The van der Waals surface area contributed by atoms with Gasteiger partial charge in [0.15, 0.2) is 0 Å². The number of carbonyl (C=O) groups excluding carboxylic acids is 4. The third kappa shape index (κ3) is 6.60. The molecule has 10 nitrogen and oxygen atoms in total. The highest BCUT2D eigenvalue weighted by molar-refractivity contribution is 6.29. The van der Waals surface area contributed by atoms with Crippen molar-refractivity contribution in [2.45, 2.75) is 37.8 Å². The molecule has 0 aromatic carbocycles. The molecule has 2 amide bonds. The van der Waals surface area contributed by atoms with Crippen LogP contribution in [0.3, 0.4) is 0 Å². The average Bonchev–Trinajstić information content (AvgIpc) is 3.34. The van der Waals surface area contributed by atoms with Crippen LogP contribution in [0.2, 0.25) is 0 Å². The van der Waals surface area contributed by atoms with E-state index in [1.54, 1.807) is 0 Å². The molecule has 2 unspecified atom stereocenters. The normalized spacial score (nSPS) is 21.8. The van der Waals surface area contributed by atoms with Gasteiger partial charge in [0.1, 0.15) is 13.2 Å². The molecule has 2 saturated heterocycles. The van der Waals surface area contributed by atoms with E-state index in [2.05, 4.69) is 21.3 Å². The Kier molecular flexibility index (Phi) is 8.29. The van der Waals surface area contributed by atoms with E-state index >= 15 is 0 Å². The lowest BCUT2D eigenvalue weighted by molar-refractivity contribution is -0.167. The first-order valence-electron chi connectivity index (χ1n) is 8.94. The fraction of sp³-hybridized carbons (Fsp3) is 0.750. The topological polar surface area (TPSA) is 135 Å². The molecule has 2 fully saturated rings. The lowest BCUT2D eigenvalue weighted by Gasteiger charge is -2.12. The number of esters is 2. The quantitative estimate of drug-likeness (QED) is 0.215. The molecule has 2 rings (SSSR count). The van der Waals surface area contributed by atoms with Crippen molar-refractivity contribution in [3.8, 4) is 0 Å². The van der Waals surface area contributed by atoms with Gasteiger partial charge in [-0.3, -0.25) is 9.59 Å². The number of amides is 2. The molecule has 2 atom stereocenters. The molecule has 0 aliphatic carbocycles. The molecule has 2 aliphatic rings. The lowest BCUT2D eigenvalue weighted by Crippen LogP contribution is -2.42. The van der Waals surface area contributed by atoms with Crippen molar-refractivity contribution in [2.75, 3.05) is 39.4 Å². The average molecular weight is 370 g/mol. The SMILES string of the molecule is O=C(OCCNC(=O)C1CCCN1)C(=O)OCCNC(=O)C1CCCN1. The van der Waals surface area contributed by atoms with Gasteiger partial charge in [0.2, 0.25) is 11.8 Å². The first-order valence-corrected chi connectivity index (χ1v) is 8.94. The number of hydrogen-bond acceptors (Lipinski definition) is 8. The molecule has 2 aliphatic heterocycles. The standard InChI is InChI=1S/C16H26N4O6/c21-13(11-3-1-5-17-11)19-7-9-25-15(23)16(24)26-10-8-20-14(22)12-4-2-6-18-12/h11-12,17-18H,1-10H2,(H,19,21)(H,20,22). The zero-order chi connectivity index (χ0) is 18.8. The van der Waals surface area contributed by atoms with Crippen LogP contribution in [0.4, 0.5) is 0 Å². The Hall–Kier alpha value is -2.20. The van der Waals surface area contributed by atoms with Gasteiger partial charge in [0.05, 0.1) is 25.2 Å². The van der Waals surface area contributed by atoms with Gasteiger partial charge < -0.3 is 30.7 Å². The van der Waals surface area contributed by atoms with Gasteiger partial charge in [-0.15, -0.1) is 0 Å². The second-order valence-electron chi connectivity index (χ2n) is 6.15. The largest absolute Gasteiger partial charge is 0.455 e. The van der Waals surface area contributed by atoms with Crippen molar-refractivity contribution in [3.63, 3.8) is 0 Å². The van der Waals surface area contributed by atoms with Gasteiger partial charge in [-0.1, -0.05) is 0 Å². The summed E-state index contributed by atoms with van der Waals surface area (Å²) in [6.45, 7) is 1.65. The molecule has 10 heteroatoms. The lowest BCUT2D eigenvalue weighted by atomic mass is 10.2. The van der Waals surface area contributed by atoms with Crippen molar-refractivity contribution in [1.29, 1.82) is 0 Å². The summed E-state index contributed by atoms with van der Waals surface area (Å²) in [6.07, 6.45) is 3.48. The molecule has 4 N–H and O–H groups in total. The summed E-state index contributed by atoms with van der Waals surface area (Å²) in [5, 5.41) is 11.4. The van der Waals surface area contributed by atoms with Crippen LogP contribution < -0.4 is 21.3 Å². The first kappa shape index (κ1) is 20.1. The van der Waals surface area contributed by atoms with E-state index in [0.717, 1.165) is 38.8 Å². The van der Waals surface area contributed by atoms with Crippen LogP contribution in [0.1, 0.15) is 25.7 Å². The van der Waals surface area contributed by atoms with E-state index in [1.807, 2.05) is 0 Å². The maximum atomic E-state index is 11.7. The Labute approximate surface area is 151 Å². The summed E-state index contributed by atoms with van der Waals surface area (Å²) < 4.78 is 9.46. The maximum absolute atomic E-state index is 11.7. The molecule has 0 bridgehead atoms. The minimum atomic E-state index is -1.12. The van der Waals surface area contributed by atoms with Crippen molar-refractivity contribution in [2.24, 2.45) is 0 Å². The molecule has 26 heavy (non-hydrogen) atoms. The summed E-state index contributed by atoms with van der Waals surface area (Å²) in [5.74, 6) is -2.54. The number of rotatable bonds is 8. The third-order valence-electron chi connectivity index (χ3n) is 4.19. The van der Waals surface area contributed by atoms with Crippen LogP contribution in [-0.2, 0) is 28.7 Å². The van der Waals surface area contributed by atoms with Gasteiger partial charge >= 0.3 is 11.9 Å². The van der Waals surface area contributed by atoms with Crippen LogP contribution in [-0.4, -0.2) is 75.2 Å². The smallest absolute Gasteiger partial charge is 0.417 e. The molecule has 0 spiro atoms. The predicted octanol–water partition coefficient (Wildman–Crippen LogP) is -2.19. The summed E-state index contributed by atoms with van der Waals surface area (Å²) in [6, 6.07) is -0.407. The number of hydrogen-bond donors (Lipinski definition) is 4. The molecule has 0 saturated carbocycles. The fourth-order valence-corrected chi connectivity index (χ4v) is 2.82. The van der Waals surface area contributed by atoms with E-state index in [0.29, 0.717) is 0 Å². The van der Waals surface area contributed by atoms with Crippen LogP contribution in [0.25, 0.3) is 0 Å². The van der Waals surface area contributed by atoms with Gasteiger partial charge in [-0.2, -0.15) is 0 Å². The number of nitrogens with one attached hydrogen (secondary N) is 4. The molecule has 146 valence electrons. The van der Waals surface area contributed by atoms with E-state index in [1.165, 1.54) is 0 Å². The molecule has 0 aromatic heterocycles. The highest BCUT2D eigenvalue weighted by atomic mass is 16.6. The molecule has 0 radical (unpaired) electrons. The highest BCUT2D eigenvalue weighted by Gasteiger charge is 2.23. The van der Waals surface area contributed by atoms with E-state index < -0.39 is 11.9 Å². The Bertz CT molecular complexity index is 469. The number of carbonyl (C=O) groups is 4. The summed E-state index contributed by atoms with van der Waals surface area (Å²) in [7, 11) is 0. The van der Waals surface area contributed by atoms with Crippen LogP contribution in [0.15, 0.2) is 0 Å². The highest BCUT2D eigenvalue weighted by Crippen LogP contribution is 2.04. The molecule has 0 aromatic rings. The second kappa shape index (κ2) is 10.7. The molecular formula is C16H26N4O6. The molecular weight excluding hydrogens is 344 g/mol. The zero-order valence-corrected chi connectivity index (χ0v) is 14.7. The van der Waals surface area contributed by atoms with Crippen molar-refractivity contribution in [3.05, 3.63) is 0 Å². The summed E-state index contributed by atoms with van der Waals surface area (Å²) >= 11 is 0. The van der Waals surface area contributed by atoms with Crippen molar-refractivity contribution >= 4 is 23.8 Å². The third-order valence-corrected chi connectivity index (χ3v) is 4.19. The van der Waals surface area contributed by atoms with Crippen LogP contribution >= 0.6 is 0 Å². The van der Waals surface area contributed by atoms with Crippen LogP contribution in [0, 0.1) is 0 Å². The van der Waals surface area contributed by atoms with Crippen molar-refractivity contribution in [1.82, 2.24) is 21.3 Å². The Morgan fingerprint density at radius 3 is 1.54 bits per heavy atom. The van der Waals surface area contributed by atoms with E-state index in [4.69, 9.17) is 9.47 Å². The fourth-order valence-electron chi connectivity index (χ4n) is 2.82. The predicted molar refractivity (Wildman–Crippen MR) is 90.0 cm³/mol. The minimum absolute atomic E-state index is 0.115. The van der Waals surface area contributed by atoms with E-state index in [-0.39, 0.29) is 50.2 Å². The van der Waals surface area contributed by atoms with Crippen LogP contribution in [0.5, 0.6) is 0 Å². The van der Waals surface area contributed by atoms with E-state index in [9.17, 15) is 19.2 Å². The summed E-state index contributed by atoms with van der Waals surface area (Å²) in [5.41, 5.74) is 0. The van der Waals surface area contributed by atoms with Crippen molar-refractivity contribution < 1.29 is 28.7 Å². The Balaban J connectivity index is 1.48. The zero-order valence-electron chi connectivity index (χ0n) is 14.7. The molecule has 2 heterocycles. The Morgan fingerprint density at radius 1 is 0.769 bits per heavy atom. The number of ether oxygens (including phenoxy) is 2. The Morgan fingerprint density at radius 2 is 1.19 bits per heavy atom. The maximum Gasteiger partial charge on any atom is 0.417 e. The van der Waals surface area contributed by atoms with Gasteiger partial charge in [-0.25, -0.2) is 9.59 Å². The summed E-state index contributed by atoms with van der Waals surface area (Å²) in [4.78, 5) is 46.3. The van der Waals surface area contributed by atoms with Gasteiger partial charge in [0.25, 0.3) is 0 Å². The minimum Gasteiger partial charge on any atom is -0.455 e. The first-order chi connectivity index (χ1) is 12.6. The monoisotopic (exact) mass is 370 g/mol. The van der Waals surface area contributed by atoms with Gasteiger partial charge in [-0.05, 0) is 38.8 Å². The van der Waals surface area contributed by atoms with Gasteiger partial charge in [0, 0.05) is 0 Å². The second-order valence-corrected chi connectivity index (χ2v) is 6.15.